The fraction of sp³-hybridized carbons (Fsp3) is 0.211. The first-order valence-electron chi connectivity index (χ1n) is 7.89. The summed E-state index contributed by atoms with van der Waals surface area (Å²) < 4.78 is 0.755. The summed E-state index contributed by atoms with van der Waals surface area (Å²) >= 11 is 0. The second kappa shape index (κ2) is 6.05. The molecule has 0 saturated heterocycles. The maximum Gasteiger partial charge on any atom is 0.349 e. The van der Waals surface area contributed by atoms with Gasteiger partial charge in [-0.1, -0.05) is 39.0 Å². The summed E-state index contributed by atoms with van der Waals surface area (Å²) in [5.41, 5.74) is 0.654. The smallest absolute Gasteiger partial charge is 0.349 e. The normalized spacial score (nSPS) is 12.1. The van der Waals surface area contributed by atoms with E-state index in [-0.39, 0.29) is 11.2 Å². The van der Waals surface area contributed by atoms with E-state index in [4.69, 9.17) is 0 Å². The highest BCUT2D eigenvalue weighted by Crippen LogP contribution is 2.26. The number of rotatable bonds is 2. The predicted molar refractivity (Wildman–Crippen MR) is 98.6 cm³/mol. The van der Waals surface area contributed by atoms with Gasteiger partial charge < -0.3 is 10.1 Å². The predicted octanol–water partition coefficient (Wildman–Crippen LogP) is 2.58. The number of phenolic OH excluding ortho intramolecular Hbond substituents is 1. The Hall–Kier alpha value is -3.15. The van der Waals surface area contributed by atoms with Crippen molar-refractivity contribution in [2.75, 3.05) is 0 Å². The quantitative estimate of drug-likeness (QED) is 0.705. The number of para-hydroxylation sites is 1. The van der Waals surface area contributed by atoms with Crippen molar-refractivity contribution in [3.63, 3.8) is 0 Å². The SMILES string of the molecule is CC(C)(C)c1ccc(O)c(C=Nn2c(=O)[nH]c3ccccc3c2=O)c1. The van der Waals surface area contributed by atoms with Crippen LogP contribution < -0.4 is 11.2 Å². The Balaban J connectivity index is 2.11. The minimum atomic E-state index is -0.633. The van der Waals surface area contributed by atoms with E-state index in [9.17, 15) is 14.7 Å². The highest BCUT2D eigenvalue weighted by atomic mass is 16.3. The number of hydrogen-bond donors (Lipinski definition) is 2. The van der Waals surface area contributed by atoms with Crippen molar-refractivity contribution >= 4 is 17.1 Å². The average Bonchev–Trinajstić information content (AvgIpc) is 2.55. The van der Waals surface area contributed by atoms with E-state index < -0.39 is 11.2 Å². The van der Waals surface area contributed by atoms with Gasteiger partial charge in [-0.15, -0.1) is 4.68 Å². The Morgan fingerprint density at radius 2 is 1.84 bits per heavy atom. The van der Waals surface area contributed by atoms with Crippen LogP contribution in [0.25, 0.3) is 10.9 Å². The molecule has 0 amide bonds. The van der Waals surface area contributed by atoms with Gasteiger partial charge in [0.15, 0.2) is 0 Å². The van der Waals surface area contributed by atoms with Gasteiger partial charge >= 0.3 is 5.69 Å². The van der Waals surface area contributed by atoms with Gasteiger partial charge in [-0.05, 0) is 35.2 Å². The number of nitrogens with zero attached hydrogens (tertiary/aromatic N) is 2. The third-order valence-electron chi connectivity index (χ3n) is 3.99. The Morgan fingerprint density at radius 3 is 2.56 bits per heavy atom. The van der Waals surface area contributed by atoms with Crippen LogP contribution in [-0.4, -0.2) is 21.0 Å². The molecule has 1 heterocycles. The van der Waals surface area contributed by atoms with E-state index in [1.165, 1.54) is 6.21 Å². The van der Waals surface area contributed by atoms with Crippen molar-refractivity contribution in [2.45, 2.75) is 26.2 Å². The van der Waals surface area contributed by atoms with Crippen LogP contribution >= 0.6 is 0 Å². The number of nitrogens with one attached hydrogen (secondary N) is 1. The third kappa shape index (κ3) is 3.24. The maximum absolute atomic E-state index is 12.4. The molecule has 25 heavy (non-hydrogen) atoms. The molecule has 0 aliphatic heterocycles. The van der Waals surface area contributed by atoms with Gasteiger partial charge in [0.25, 0.3) is 5.56 Å². The summed E-state index contributed by atoms with van der Waals surface area (Å²) in [6, 6.07) is 11.9. The molecule has 0 aliphatic rings. The number of aromatic amines is 1. The number of fused-ring (bicyclic) bond motifs is 1. The van der Waals surface area contributed by atoms with Gasteiger partial charge in [0, 0.05) is 5.56 Å². The molecule has 3 rings (SSSR count). The van der Waals surface area contributed by atoms with Gasteiger partial charge in [0.1, 0.15) is 5.75 Å². The summed E-state index contributed by atoms with van der Waals surface area (Å²) in [5.74, 6) is 0.0296. The first-order valence-corrected chi connectivity index (χ1v) is 7.89. The lowest BCUT2D eigenvalue weighted by atomic mass is 9.86. The Kier molecular flexibility index (Phi) is 4.04. The van der Waals surface area contributed by atoms with Crippen LogP contribution in [0.15, 0.2) is 57.2 Å². The first kappa shape index (κ1) is 16.7. The van der Waals surface area contributed by atoms with E-state index in [0.717, 1.165) is 10.2 Å². The maximum atomic E-state index is 12.4. The summed E-state index contributed by atoms with van der Waals surface area (Å²) in [6.07, 6.45) is 1.32. The average molecular weight is 337 g/mol. The van der Waals surface area contributed by atoms with E-state index >= 15 is 0 Å². The molecule has 2 aromatic carbocycles. The van der Waals surface area contributed by atoms with Crippen LogP contribution in [-0.2, 0) is 5.41 Å². The molecule has 6 nitrogen and oxygen atoms in total. The molecule has 0 spiro atoms. The lowest BCUT2D eigenvalue weighted by Gasteiger charge is -2.19. The molecule has 0 saturated carbocycles. The highest BCUT2D eigenvalue weighted by molar-refractivity contribution is 5.84. The molecular formula is C19H19N3O3. The van der Waals surface area contributed by atoms with Crippen molar-refractivity contribution in [3.8, 4) is 5.75 Å². The van der Waals surface area contributed by atoms with Crippen molar-refractivity contribution in [1.29, 1.82) is 0 Å². The third-order valence-corrected chi connectivity index (χ3v) is 3.99. The Labute approximate surface area is 144 Å². The standard InChI is InChI=1S/C19H19N3O3/c1-19(2,3)13-8-9-16(23)12(10-13)11-20-22-17(24)14-6-4-5-7-15(14)21-18(22)25/h4-11,23H,1-3H3,(H,21,25). The van der Waals surface area contributed by atoms with Crippen LogP contribution in [0.5, 0.6) is 5.75 Å². The second-order valence-corrected chi connectivity index (χ2v) is 6.86. The number of aromatic nitrogens is 2. The molecule has 0 radical (unpaired) electrons. The monoisotopic (exact) mass is 337 g/mol. The van der Waals surface area contributed by atoms with E-state index in [2.05, 4.69) is 30.9 Å². The molecule has 1 aromatic heterocycles. The molecular weight excluding hydrogens is 318 g/mol. The summed E-state index contributed by atoms with van der Waals surface area (Å²) in [7, 11) is 0. The van der Waals surface area contributed by atoms with Crippen molar-refractivity contribution in [1.82, 2.24) is 9.66 Å². The van der Waals surface area contributed by atoms with Crippen molar-refractivity contribution < 1.29 is 5.11 Å². The van der Waals surface area contributed by atoms with E-state index in [1.54, 1.807) is 36.4 Å². The fourth-order valence-electron chi connectivity index (χ4n) is 2.50. The number of H-pyrrole nitrogens is 1. The molecule has 0 unspecified atom stereocenters. The van der Waals surface area contributed by atoms with Crippen LogP contribution in [0.2, 0.25) is 0 Å². The molecule has 0 aliphatic carbocycles. The van der Waals surface area contributed by atoms with Crippen molar-refractivity contribution in [2.24, 2.45) is 5.10 Å². The molecule has 0 fully saturated rings. The topological polar surface area (TPSA) is 87.4 Å². The van der Waals surface area contributed by atoms with Crippen LogP contribution in [0.4, 0.5) is 0 Å². The first-order chi connectivity index (χ1) is 11.8. The van der Waals surface area contributed by atoms with Crippen LogP contribution in [0.1, 0.15) is 31.9 Å². The minimum Gasteiger partial charge on any atom is -0.507 e. The number of hydrogen-bond acceptors (Lipinski definition) is 4. The second-order valence-electron chi connectivity index (χ2n) is 6.86. The summed E-state index contributed by atoms with van der Waals surface area (Å²) in [4.78, 5) is 27.2. The highest BCUT2D eigenvalue weighted by Gasteiger charge is 2.15. The Morgan fingerprint density at radius 1 is 1.12 bits per heavy atom. The summed E-state index contributed by atoms with van der Waals surface area (Å²) in [5, 5.41) is 14.4. The molecule has 128 valence electrons. The van der Waals surface area contributed by atoms with Crippen LogP contribution in [0, 0.1) is 0 Å². The van der Waals surface area contributed by atoms with Crippen molar-refractivity contribution in [3.05, 3.63) is 74.4 Å². The van der Waals surface area contributed by atoms with E-state index in [1.807, 2.05) is 6.07 Å². The van der Waals surface area contributed by atoms with Gasteiger partial charge in [-0.25, -0.2) is 4.79 Å². The number of benzene rings is 2. The zero-order chi connectivity index (χ0) is 18.2. The van der Waals surface area contributed by atoms with Gasteiger partial charge in [-0.2, -0.15) is 5.10 Å². The summed E-state index contributed by atoms with van der Waals surface area (Å²) in [6.45, 7) is 6.16. The number of aromatic hydroxyl groups is 1. The molecule has 2 N–H and O–H groups in total. The zero-order valence-corrected chi connectivity index (χ0v) is 14.3. The fourth-order valence-corrected chi connectivity index (χ4v) is 2.50. The lowest BCUT2D eigenvalue weighted by molar-refractivity contribution is 0.473. The van der Waals surface area contributed by atoms with Gasteiger partial charge in [0.05, 0.1) is 17.1 Å². The van der Waals surface area contributed by atoms with E-state index in [0.29, 0.717) is 16.5 Å². The number of phenols is 1. The Bertz CT molecular complexity index is 1090. The minimum absolute atomic E-state index is 0.0296. The molecule has 0 atom stereocenters. The van der Waals surface area contributed by atoms with Gasteiger partial charge in [0.2, 0.25) is 0 Å². The largest absolute Gasteiger partial charge is 0.507 e. The zero-order valence-electron chi connectivity index (χ0n) is 14.3. The van der Waals surface area contributed by atoms with Crippen LogP contribution in [0.3, 0.4) is 0 Å². The molecule has 6 heteroatoms. The molecule has 3 aromatic rings. The molecule has 0 bridgehead atoms. The lowest BCUT2D eigenvalue weighted by Crippen LogP contribution is -2.32. The van der Waals surface area contributed by atoms with Gasteiger partial charge in [-0.3, -0.25) is 4.79 Å².